The highest BCUT2D eigenvalue weighted by atomic mass is 32.2. The van der Waals surface area contributed by atoms with Crippen molar-refractivity contribution in [3.63, 3.8) is 0 Å². The SMILES string of the molecule is COC1=C(C(=O)O)S[C@@H]2C(N)C(=O)N2C1. The maximum atomic E-state index is 11.3. The van der Waals surface area contributed by atoms with E-state index in [1.54, 1.807) is 0 Å². The topological polar surface area (TPSA) is 92.9 Å². The van der Waals surface area contributed by atoms with Gasteiger partial charge in [-0.3, -0.25) is 4.79 Å². The Labute approximate surface area is 90.0 Å². The Bertz CT molecular complexity index is 368. The molecule has 7 heteroatoms. The molecule has 0 saturated carbocycles. The fourth-order valence-corrected chi connectivity index (χ4v) is 2.79. The van der Waals surface area contributed by atoms with Crippen LogP contribution in [0.3, 0.4) is 0 Å². The van der Waals surface area contributed by atoms with Gasteiger partial charge in [-0.25, -0.2) is 4.79 Å². The first-order valence-electron chi connectivity index (χ1n) is 4.29. The minimum Gasteiger partial charge on any atom is -0.498 e. The fourth-order valence-electron chi connectivity index (χ4n) is 1.60. The van der Waals surface area contributed by atoms with Crippen LogP contribution in [0.5, 0.6) is 0 Å². The highest BCUT2D eigenvalue weighted by Gasteiger charge is 2.50. The Morgan fingerprint density at radius 2 is 2.40 bits per heavy atom. The quantitative estimate of drug-likeness (QED) is 0.601. The number of nitrogens with two attached hydrogens (primary N) is 1. The van der Waals surface area contributed by atoms with Crippen LogP contribution in [0.15, 0.2) is 10.7 Å². The van der Waals surface area contributed by atoms with E-state index in [-0.39, 0.29) is 22.7 Å². The number of ether oxygens (including phenoxy) is 1. The second-order valence-electron chi connectivity index (χ2n) is 3.26. The minimum atomic E-state index is -1.04. The average Bonchev–Trinajstić information content (AvgIpc) is 2.25. The van der Waals surface area contributed by atoms with Gasteiger partial charge in [0.15, 0.2) is 0 Å². The third-order valence-electron chi connectivity index (χ3n) is 2.43. The molecule has 0 aliphatic carbocycles. The van der Waals surface area contributed by atoms with E-state index in [9.17, 15) is 9.59 Å². The Kier molecular flexibility index (Phi) is 2.35. The summed E-state index contributed by atoms with van der Waals surface area (Å²) >= 11 is 1.07. The number of carboxylic acids is 1. The van der Waals surface area contributed by atoms with E-state index < -0.39 is 12.0 Å². The van der Waals surface area contributed by atoms with Crippen LogP contribution in [-0.4, -0.2) is 47.0 Å². The molecule has 15 heavy (non-hydrogen) atoms. The molecular formula is C8H10N2O4S. The molecule has 2 aliphatic rings. The Morgan fingerprint density at radius 1 is 1.73 bits per heavy atom. The van der Waals surface area contributed by atoms with E-state index in [4.69, 9.17) is 15.6 Å². The van der Waals surface area contributed by atoms with Crippen molar-refractivity contribution in [1.29, 1.82) is 0 Å². The molecule has 2 heterocycles. The van der Waals surface area contributed by atoms with Gasteiger partial charge < -0.3 is 20.5 Å². The second-order valence-corrected chi connectivity index (χ2v) is 4.39. The molecule has 1 saturated heterocycles. The highest BCUT2D eigenvalue weighted by Crippen LogP contribution is 2.40. The molecule has 6 nitrogen and oxygen atoms in total. The van der Waals surface area contributed by atoms with Gasteiger partial charge in [0.25, 0.3) is 0 Å². The van der Waals surface area contributed by atoms with E-state index in [0.29, 0.717) is 5.76 Å². The molecule has 0 bridgehead atoms. The standard InChI is InChI=1S/C8H10N2O4S/c1-14-3-2-10-6(11)4(9)7(10)15-5(3)8(12)13/h4,7H,2,9H2,1H3,(H,12,13)/t4?,7-/m1/s1. The summed E-state index contributed by atoms with van der Waals surface area (Å²) in [4.78, 5) is 23.8. The molecular weight excluding hydrogens is 220 g/mol. The van der Waals surface area contributed by atoms with Gasteiger partial charge in [-0.05, 0) is 0 Å². The van der Waals surface area contributed by atoms with Crippen molar-refractivity contribution >= 4 is 23.6 Å². The Balaban J connectivity index is 2.27. The zero-order valence-electron chi connectivity index (χ0n) is 7.97. The number of rotatable bonds is 2. The van der Waals surface area contributed by atoms with Crippen molar-refractivity contribution in [2.75, 3.05) is 13.7 Å². The first-order valence-corrected chi connectivity index (χ1v) is 5.17. The number of carbonyl (C=O) groups is 2. The maximum absolute atomic E-state index is 11.3. The van der Waals surface area contributed by atoms with E-state index in [1.165, 1.54) is 12.0 Å². The summed E-state index contributed by atoms with van der Waals surface area (Å²) in [5.74, 6) is -0.890. The van der Waals surface area contributed by atoms with E-state index in [1.807, 2.05) is 0 Å². The Hall–Kier alpha value is -1.21. The number of aliphatic carboxylic acids is 1. The van der Waals surface area contributed by atoms with Gasteiger partial charge in [0.1, 0.15) is 22.1 Å². The molecule has 0 radical (unpaired) electrons. The van der Waals surface area contributed by atoms with Gasteiger partial charge in [0, 0.05) is 0 Å². The molecule has 2 atom stereocenters. The molecule has 0 aromatic carbocycles. The van der Waals surface area contributed by atoms with Crippen LogP contribution in [0.1, 0.15) is 0 Å². The number of fused-ring (bicyclic) bond motifs is 1. The predicted molar refractivity (Wildman–Crippen MR) is 52.7 cm³/mol. The molecule has 0 spiro atoms. The summed E-state index contributed by atoms with van der Waals surface area (Å²) in [5.41, 5.74) is 5.56. The molecule has 1 unspecified atom stereocenters. The number of thioether (sulfide) groups is 1. The number of carbonyl (C=O) groups excluding carboxylic acids is 1. The molecule has 2 aliphatic heterocycles. The lowest BCUT2D eigenvalue weighted by Crippen LogP contribution is -2.68. The maximum Gasteiger partial charge on any atom is 0.345 e. The lowest BCUT2D eigenvalue weighted by Gasteiger charge is -2.47. The second kappa shape index (κ2) is 3.42. The van der Waals surface area contributed by atoms with Crippen LogP contribution in [0, 0.1) is 0 Å². The van der Waals surface area contributed by atoms with E-state index in [0.717, 1.165) is 11.8 Å². The Morgan fingerprint density at radius 3 is 2.93 bits per heavy atom. The molecule has 0 aromatic heterocycles. The number of carboxylic acid groups (broad SMARTS) is 1. The van der Waals surface area contributed by atoms with Crippen molar-refractivity contribution in [2.45, 2.75) is 11.4 Å². The van der Waals surface area contributed by atoms with Gasteiger partial charge in [0.2, 0.25) is 5.91 Å². The summed E-state index contributed by atoms with van der Waals surface area (Å²) in [6.45, 7) is 0.197. The van der Waals surface area contributed by atoms with Crippen molar-refractivity contribution in [3.05, 3.63) is 10.7 Å². The molecule has 1 amide bonds. The summed E-state index contributed by atoms with van der Waals surface area (Å²) in [5, 5.41) is 8.66. The zero-order chi connectivity index (χ0) is 11.2. The molecule has 3 N–H and O–H groups in total. The number of β-lactam (4-membered cyclic amide) rings is 1. The van der Waals surface area contributed by atoms with Crippen LogP contribution in [-0.2, 0) is 14.3 Å². The number of methoxy groups -OCH3 is 1. The number of nitrogens with zero attached hydrogens (tertiary/aromatic N) is 1. The third kappa shape index (κ3) is 1.38. The van der Waals surface area contributed by atoms with Crippen molar-refractivity contribution < 1.29 is 19.4 Å². The normalized spacial score (nSPS) is 29.7. The van der Waals surface area contributed by atoms with Crippen LogP contribution in [0.25, 0.3) is 0 Å². The summed E-state index contributed by atoms with van der Waals surface area (Å²) in [7, 11) is 1.39. The summed E-state index contributed by atoms with van der Waals surface area (Å²) < 4.78 is 4.94. The van der Waals surface area contributed by atoms with Gasteiger partial charge in [-0.2, -0.15) is 0 Å². The first-order chi connectivity index (χ1) is 7.06. The first kappa shape index (κ1) is 10.3. The van der Waals surface area contributed by atoms with Crippen LogP contribution in [0.4, 0.5) is 0 Å². The number of hydrogen-bond acceptors (Lipinski definition) is 5. The predicted octanol–water partition coefficient (Wildman–Crippen LogP) is -0.829. The van der Waals surface area contributed by atoms with Crippen molar-refractivity contribution in [2.24, 2.45) is 5.73 Å². The lowest BCUT2D eigenvalue weighted by atomic mass is 10.1. The van der Waals surface area contributed by atoms with Crippen LogP contribution < -0.4 is 5.73 Å². The summed E-state index contributed by atoms with van der Waals surface area (Å²) in [6, 6.07) is -0.595. The lowest BCUT2D eigenvalue weighted by molar-refractivity contribution is -0.144. The molecule has 2 rings (SSSR count). The summed E-state index contributed by atoms with van der Waals surface area (Å²) in [6.07, 6.45) is 0. The minimum absolute atomic E-state index is 0.140. The van der Waals surface area contributed by atoms with Crippen LogP contribution >= 0.6 is 11.8 Å². The fraction of sp³-hybridized carbons (Fsp3) is 0.500. The van der Waals surface area contributed by atoms with Crippen molar-refractivity contribution in [3.8, 4) is 0 Å². The average molecular weight is 230 g/mol. The smallest absolute Gasteiger partial charge is 0.345 e. The van der Waals surface area contributed by atoms with E-state index >= 15 is 0 Å². The third-order valence-corrected chi connectivity index (χ3v) is 3.86. The molecule has 1 fully saturated rings. The zero-order valence-corrected chi connectivity index (χ0v) is 8.78. The number of hydrogen-bond donors (Lipinski definition) is 2. The molecule has 82 valence electrons. The monoisotopic (exact) mass is 230 g/mol. The van der Waals surface area contributed by atoms with Gasteiger partial charge >= 0.3 is 5.97 Å². The van der Waals surface area contributed by atoms with Crippen molar-refractivity contribution in [1.82, 2.24) is 4.90 Å². The largest absolute Gasteiger partial charge is 0.498 e. The van der Waals surface area contributed by atoms with Gasteiger partial charge in [-0.1, -0.05) is 11.8 Å². The van der Waals surface area contributed by atoms with Gasteiger partial charge in [0.05, 0.1) is 13.7 Å². The van der Waals surface area contributed by atoms with Crippen LogP contribution in [0.2, 0.25) is 0 Å². The number of amides is 1. The van der Waals surface area contributed by atoms with E-state index in [2.05, 4.69) is 0 Å². The molecule has 0 aromatic rings. The highest BCUT2D eigenvalue weighted by molar-refractivity contribution is 8.04. The van der Waals surface area contributed by atoms with Gasteiger partial charge in [-0.15, -0.1) is 0 Å².